The van der Waals surface area contributed by atoms with Crippen LogP contribution < -0.4 is 10.1 Å². The zero-order valence-corrected chi connectivity index (χ0v) is 12.8. The molecule has 0 fully saturated rings. The molecule has 3 heteroatoms. The van der Waals surface area contributed by atoms with Gasteiger partial charge in [-0.3, -0.25) is 0 Å². The van der Waals surface area contributed by atoms with Crippen molar-refractivity contribution in [1.82, 2.24) is 5.32 Å². The summed E-state index contributed by atoms with van der Waals surface area (Å²) in [6.45, 7) is 8.99. The number of rotatable bonds is 8. The Balaban J connectivity index is 2.60. The Labute approximate surface area is 117 Å². The Morgan fingerprint density at radius 2 is 1.74 bits per heavy atom. The molecule has 0 radical (unpaired) electrons. The second kappa shape index (κ2) is 8.18. The van der Waals surface area contributed by atoms with E-state index in [4.69, 9.17) is 9.47 Å². The molecule has 19 heavy (non-hydrogen) atoms. The van der Waals surface area contributed by atoms with Gasteiger partial charge in [0.1, 0.15) is 5.75 Å². The van der Waals surface area contributed by atoms with Gasteiger partial charge in [0.15, 0.2) is 0 Å². The molecule has 2 atom stereocenters. The molecule has 3 nitrogen and oxygen atoms in total. The van der Waals surface area contributed by atoms with E-state index in [9.17, 15) is 0 Å². The highest BCUT2D eigenvalue weighted by atomic mass is 16.5. The van der Waals surface area contributed by atoms with Crippen LogP contribution >= 0.6 is 0 Å². The van der Waals surface area contributed by atoms with Crippen molar-refractivity contribution in [2.45, 2.75) is 52.4 Å². The van der Waals surface area contributed by atoms with Crippen LogP contribution in [0.4, 0.5) is 0 Å². The normalized spacial score (nSPS) is 14.4. The van der Waals surface area contributed by atoms with Crippen LogP contribution in [0.5, 0.6) is 5.75 Å². The minimum absolute atomic E-state index is 0.208. The maximum Gasteiger partial charge on any atom is 0.119 e. The maximum atomic E-state index is 5.80. The van der Waals surface area contributed by atoms with E-state index in [1.807, 2.05) is 33.0 Å². The van der Waals surface area contributed by atoms with Gasteiger partial charge in [-0.25, -0.2) is 0 Å². The largest absolute Gasteiger partial charge is 0.491 e. The highest BCUT2D eigenvalue weighted by Crippen LogP contribution is 2.19. The van der Waals surface area contributed by atoms with Crippen molar-refractivity contribution in [1.29, 1.82) is 0 Å². The zero-order valence-electron chi connectivity index (χ0n) is 12.8. The molecule has 0 heterocycles. The van der Waals surface area contributed by atoms with Gasteiger partial charge in [-0.05, 0) is 51.9 Å². The van der Waals surface area contributed by atoms with Gasteiger partial charge in [-0.1, -0.05) is 19.1 Å². The van der Waals surface area contributed by atoms with Gasteiger partial charge in [0, 0.05) is 0 Å². The van der Waals surface area contributed by atoms with Crippen LogP contribution in [-0.4, -0.2) is 25.9 Å². The van der Waals surface area contributed by atoms with Crippen molar-refractivity contribution < 1.29 is 9.47 Å². The first kappa shape index (κ1) is 16.0. The Hall–Kier alpha value is -1.06. The minimum Gasteiger partial charge on any atom is -0.491 e. The summed E-state index contributed by atoms with van der Waals surface area (Å²) < 4.78 is 11.4. The lowest BCUT2D eigenvalue weighted by molar-refractivity contribution is 0.0487. The van der Waals surface area contributed by atoms with Crippen molar-refractivity contribution in [2.75, 3.05) is 13.7 Å². The van der Waals surface area contributed by atoms with Gasteiger partial charge in [0.2, 0.25) is 0 Å². The van der Waals surface area contributed by atoms with E-state index in [-0.39, 0.29) is 12.1 Å². The molecule has 0 aliphatic heterocycles. The van der Waals surface area contributed by atoms with Crippen molar-refractivity contribution in [3.63, 3.8) is 0 Å². The molecular formula is C16H27NO2. The Morgan fingerprint density at radius 1 is 1.11 bits per heavy atom. The van der Waals surface area contributed by atoms with Crippen LogP contribution in [0.2, 0.25) is 0 Å². The lowest BCUT2D eigenvalue weighted by atomic mass is 10.1. The average Bonchev–Trinajstić information content (AvgIpc) is 2.40. The predicted molar refractivity (Wildman–Crippen MR) is 79.7 cm³/mol. The second-order valence-electron chi connectivity index (χ2n) is 5.13. The monoisotopic (exact) mass is 265 g/mol. The van der Waals surface area contributed by atoms with E-state index in [1.54, 1.807) is 0 Å². The van der Waals surface area contributed by atoms with Gasteiger partial charge in [-0.15, -0.1) is 0 Å². The topological polar surface area (TPSA) is 30.5 Å². The third-order valence-corrected chi connectivity index (χ3v) is 3.13. The quantitative estimate of drug-likeness (QED) is 0.779. The Kier molecular flexibility index (Phi) is 6.89. The van der Waals surface area contributed by atoms with Crippen LogP contribution in [-0.2, 0) is 4.74 Å². The summed E-state index contributed by atoms with van der Waals surface area (Å²) in [7, 11) is 1.96. The molecule has 0 aliphatic carbocycles. The molecule has 108 valence electrons. The molecule has 2 unspecified atom stereocenters. The number of hydrogen-bond donors (Lipinski definition) is 1. The molecule has 0 saturated carbocycles. The van der Waals surface area contributed by atoms with Crippen molar-refractivity contribution in [3.8, 4) is 5.75 Å². The van der Waals surface area contributed by atoms with E-state index in [2.05, 4.69) is 31.3 Å². The summed E-state index contributed by atoms with van der Waals surface area (Å²) in [4.78, 5) is 0. The molecule has 1 aromatic rings. The molecule has 0 spiro atoms. The van der Waals surface area contributed by atoms with E-state index in [0.717, 1.165) is 12.2 Å². The van der Waals surface area contributed by atoms with Crippen LogP contribution in [0.15, 0.2) is 24.3 Å². The fourth-order valence-electron chi connectivity index (χ4n) is 1.78. The highest BCUT2D eigenvalue weighted by Gasteiger charge is 2.11. The average molecular weight is 265 g/mol. The van der Waals surface area contributed by atoms with Gasteiger partial charge in [-0.2, -0.15) is 0 Å². The minimum atomic E-state index is 0.208. The summed E-state index contributed by atoms with van der Waals surface area (Å²) in [5.41, 5.74) is 1.22. The first-order valence-electron chi connectivity index (χ1n) is 7.12. The number of benzene rings is 1. The number of nitrogens with one attached hydrogen (secondary N) is 1. The summed E-state index contributed by atoms with van der Waals surface area (Å²) in [5, 5.41) is 3.29. The Bertz CT molecular complexity index is 348. The number of likely N-dealkylation sites (N-methyl/N-ethyl adjacent to an activating group) is 1. The van der Waals surface area contributed by atoms with Gasteiger partial charge < -0.3 is 14.8 Å². The lowest BCUT2D eigenvalue weighted by Gasteiger charge is -2.20. The molecule has 0 aromatic heterocycles. The molecule has 1 aromatic carbocycles. The molecular weight excluding hydrogens is 238 g/mol. The smallest absolute Gasteiger partial charge is 0.119 e. The van der Waals surface area contributed by atoms with Crippen LogP contribution in [0.3, 0.4) is 0 Å². The SMILES string of the molecule is CCC(C)OCC(NC)c1ccc(OC(C)C)cc1. The van der Waals surface area contributed by atoms with E-state index in [1.165, 1.54) is 5.56 Å². The standard InChI is InChI=1S/C16H27NO2/c1-6-13(4)18-11-16(17-5)14-7-9-15(10-8-14)19-12(2)3/h7-10,12-13,16-17H,6,11H2,1-5H3. The summed E-state index contributed by atoms with van der Waals surface area (Å²) in [6.07, 6.45) is 1.55. The molecule has 0 saturated heterocycles. The van der Waals surface area contributed by atoms with Crippen molar-refractivity contribution in [3.05, 3.63) is 29.8 Å². The molecule has 0 amide bonds. The fraction of sp³-hybridized carbons (Fsp3) is 0.625. The molecule has 0 aliphatic rings. The Morgan fingerprint density at radius 3 is 2.21 bits per heavy atom. The summed E-state index contributed by atoms with van der Waals surface area (Å²) >= 11 is 0. The predicted octanol–water partition coefficient (Wildman–Crippen LogP) is 3.55. The molecule has 1 N–H and O–H groups in total. The zero-order chi connectivity index (χ0) is 14.3. The third kappa shape index (κ3) is 5.62. The maximum absolute atomic E-state index is 5.80. The number of hydrogen-bond acceptors (Lipinski definition) is 3. The van der Waals surface area contributed by atoms with Gasteiger partial charge >= 0.3 is 0 Å². The van der Waals surface area contributed by atoms with Crippen LogP contribution in [0.25, 0.3) is 0 Å². The highest BCUT2D eigenvalue weighted by molar-refractivity contribution is 5.29. The summed E-state index contributed by atoms with van der Waals surface area (Å²) in [5.74, 6) is 0.913. The summed E-state index contributed by atoms with van der Waals surface area (Å²) in [6, 6.07) is 8.45. The van der Waals surface area contributed by atoms with Crippen molar-refractivity contribution in [2.24, 2.45) is 0 Å². The molecule has 0 bridgehead atoms. The van der Waals surface area contributed by atoms with Crippen LogP contribution in [0, 0.1) is 0 Å². The third-order valence-electron chi connectivity index (χ3n) is 3.13. The first-order chi connectivity index (χ1) is 9.06. The van der Waals surface area contributed by atoms with Crippen molar-refractivity contribution >= 4 is 0 Å². The molecule has 1 rings (SSSR count). The van der Waals surface area contributed by atoms with Crippen LogP contribution in [0.1, 0.15) is 45.7 Å². The lowest BCUT2D eigenvalue weighted by Crippen LogP contribution is -2.24. The number of ether oxygens (including phenoxy) is 2. The second-order valence-corrected chi connectivity index (χ2v) is 5.13. The van der Waals surface area contributed by atoms with Gasteiger partial charge in [0.25, 0.3) is 0 Å². The van der Waals surface area contributed by atoms with E-state index < -0.39 is 0 Å². The van der Waals surface area contributed by atoms with E-state index >= 15 is 0 Å². The fourth-order valence-corrected chi connectivity index (χ4v) is 1.78. The van der Waals surface area contributed by atoms with Gasteiger partial charge in [0.05, 0.1) is 24.9 Å². The first-order valence-corrected chi connectivity index (χ1v) is 7.12. The van der Waals surface area contributed by atoms with E-state index in [0.29, 0.717) is 12.7 Å².